The van der Waals surface area contributed by atoms with E-state index in [2.05, 4.69) is 15.6 Å². The fourth-order valence-corrected chi connectivity index (χ4v) is 5.27. The first-order chi connectivity index (χ1) is 18.4. The fraction of sp³-hybridized carbons (Fsp3) is 0.179. The number of nitrogens with zero attached hydrogens (tertiary/aromatic N) is 2. The van der Waals surface area contributed by atoms with Gasteiger partial charge < -0.3 is 24.7 Å². The van der Waals surface area contributed by atoms with Crippen LogP contribution < -0.4 is 15.5 Å². The number of nitrogens with one attached hydrogen (secondary N) is 2. The minimum Gasteiger partial charge on any atom is -0.459 e. The van der Waals surface area contributed by atoms with Crippen molar-refractivity contribution in [2.24, 2.45) is 0 Å². The molecule has 0 saturated carbocycles. The maximum Gasteiger partial charge on any atom is 0.250 e. The summed E-state index contributed by atoms with van der Waals surface area (Å²) in [7, 11) is 1.46. The number of halogens is 2. The van der Waals surface area contributed by atoms with Gasteiger partial charge in [0.15, 0.2) is 5.11 Å². The van der Waals surface area contributed by atoms with E-state index in [-0.39, 0.29) is 24.6 Å². The molecule has 0 spiro atoms. The van der Waals surface area contributed by atoms with E-state index in [0.717, 1.165) is 22.5 Å². The summed E-state index contributed by atoms with van der Waals surface area (Å²) in [6, 6.07) is 20.1. The summed E-state index contributed by atoms with van der Waals surface area (Å²) in [5, 5.41) is 7.68. The Morgan fingerprint density at radius 1 is 1.13 bits per heavy atom. The summed E-state index contributed by atoms with van der Waals surface area (Å²) >= 11 is 18.7. The Balaban J connectivity index is 1.55. The number of benzene rings is 2. The number of methoxy groups -OCH3 is 1. The molecule has 10 heteroatoms. The van der Waals surface area contributed by atoms with Gasteiger partial charge in [-0.05, 0) is 73.2 Å². The van der Waals surface area contributed by atoms with Gasteiger partial charge in [0, 0.05) is 29.6 Å². The highest BCUT2D eigenvalue weighted by Crippen LogP contribution is 2.44. The van der Waals surface area contributed by atoms with E-state index >= 15 is 0 Å². The molecular formula is C28H24Cl2N4O3S. The molecule has 1 fully saturated rings. The molecule has 0 bridgehead atoms. The SMILES string of the molecule is COCC(=O)Nc1ccc(N2C(=S)N[C@H](c3ccccn3)[C@H]2c2ccc(-c3cccc(Cl)c3C)o2)cc1Cl. The molecule has 5 rings (SSSR count). The summed E-state index contributed by atoms with van der Waals surface area (Å²) in [6.07, 6.45) is 1.75. The molecular weight excluding hydrogens is 543 g/mol. The zero-order valence-corrected chi connectivity index (χ0v) is 22.9. The lowest BCUT2D eigenvalue weighted by atomic mass is 10.0. The molecule has 0 unspecified atom stereocenters. The summed E-state index contributed by atoms with van der Waals surface area (Å²) in [4.78, 5) is 18.5. The van der Waals surface area contributed by atoms with Crippen LogP contribution in [0.15, 0.2) is 77.3 Å². The average Bonchev–Trinajstić information content (AvgIpc) is 3.52. The second-order valence-corrected chi connectivity index (χ2v) is 9.96. The molecule has 1 amide bonds. The van der Waals surface area contributed by atoms with Crippen LogP contribution in [0.1, 0.15) is 29.1 Å². The van der Waals surface area contributed by atoms with Gasteiger partial charge in [0.25, 0.3) is 0 Å². The van der Waals surface area contributed by atoms with E-state index in [4.69, 9.17) is 44.6 Å². The third-order valence-corrected chi connectivity index (χ3v) is 7.37. The van der Waals surface area contributed by atoms with Crippen LogP contribution in [0.25, 0.3) is 11.3 Å². The second-order valence-electron chi connectivity index (χ2n) is 8.76. The van der Waals surface area contributed by atoms with Crippen molar-refractivity contribution in [3.63, 3.8) is 0 Å². The Hall–Kier alpha value is -3.43. The first-order valence-corrected chi connectivity index (χ1v) is 13.0. The zero-order chi connectivity index (χ0) is 26.8. The first-order valence-electron chi connectivity index (χ1n) is 11.8. The highest BCUT2D eigenvalue weighted by Gasteiger charge is 2.42. The Bertz CT molecular complexity index is 1490. The molecule has 1 aliphatic heterocycles. The number of furan rings is 1. The Kier molecular flexibility index (Phi) is 7.67. The molecule has 1 saturated heterocycles. The van der Waals surface area contributed by atoms with Crippen molar-refractivity contribution in [3.8, 4) is 11.3 Å². The van der Waals surface area contributed by atoms with Gasteiger partial charge in [-0.15, -0.1) is 0 Å². The highest BCUT2D eigenvalue weighted by atomic mass is 35.5. The summed E-state index contributed by atoms with van der Waals surface area (Å²) in [5.41, 5.74) is 3.87. The maximum atomic E-state index is 12.0. The van der Waals surface area contributed by atoms with Gasteiger partial charge >= 0.3 is 0 Å². The zero-order valence-electron chi connectivity index (χ0n) is 20.6. The van der Waals surface area contributed by atoms with Crippen molar-refractivity contribution in [1.29, 1.82) is 0 Å². The number of carbonyl (C=O) groups is 1. The monoisotopic (exact) mass is 566 g/mol. The Morgan fingerprint density at radius 3 is 2.71 bits per heavy atom. The number of hydrogen-bond acceptors (Lipinski definition) is 5. The molecule has 2 aromatic heterocycles. The topological polar surface area (TPSA) is 79.6 Å². The van der Waals surface area contributed by atoms with E-state index in [1.54, 1.807) is 18.3 Å². The molecule has 2 N–H and O–H groups in total. The summed E-state index contributed by atoms with van der Waals surface area (Å²) < 4.78 is 11.3. The molecule has 2 atom stereocenters. The number of amides is 1. The van der Waals surface area contributed by atoms with E-state index in [9.17, 15) is 4.79 Å². The van der Waals surface area contributed by atoms with Gasteiger partial charge in [0.1, 0.15) is 24.2 Å². The normalized spacial score (nSPS) is 16.9. The second kappa shape index (κ2) is 11.1. The number of carbonyl (C=O) groups excluding carboxylic acids is 1. The first kappa shape index (κ1) is 26.2. The summed E-state index contributed by atoms with van der Waals surface area (Å²) in [6.45, 7) is 1.89. The Labute approximate surface area is 235 Å². The fourth-order valence-electron chi connectivity index (χ4n) is 4.53. The number of hydrogen-bond donors (Lipinski definition) is 2. The van der Waals surface area contributed by atoms with Crippen LogP contribution in [0.4, 0.5) is 11.4 Å². The lowest BCUT2D eigenvalue weighted by Crippen LogP contribution is -2.29. The van der Waals surface area contributed by atoms with Crippen LogP contribution in [0, 0.1) is 6.92 Å². The van der Waals surface area contributed by atoms with Gasteiger partial charge in [0.2, 0.25) is 5.91 Å². The predicted octanol–water partition coefficient (Wildman–Crippen LogP) is 6.72. The standard InChI is InChI=1S/C28H24Cl2N4O3S/c1-16-18(6-5-7-19(16)29)23-11-12-24(37-23)27-26(22-8-3-4-13-31-22)33-28(38)34(27)17-9-10-21(20(30)14-17)32-25(35)15-36-2/h3-14,26-27H,15H2,1-2H3,(H,32,35)(H,33,38)/t26-,27-/m1/s1. The van der Waals surface area contributed by atoms with Crippen molar-refractivity contribution >= 4 is 57.8 Å². The van der Waals surface area contributed by atoms with Crippen molar-refractivity contribution in [3.05, 3.63) is 100.0 Å². The van der Waals surface area contributed by atoms with Gasteiger partial charge in [-0.3, -0.25) is 9.78 Å². The van der Waals surface area contributed by atoms with E-state index < -0.39 is 0 Å². The minimum atomic E-state index is -0.365. The quantitative estimate of drug-likeness (QED) is 0.240. The number of pyridine rings is 1. The third-order valence-electron chi connectivity index (χ3n) is 6.33. The van der Waals surface area contributed by atoms with Crippen LogP contribution in [0.3, 0.4) is 0 Å². The molecule has 38 heavy (non-hydrogen) atoms. The highest BCUT2D eigenvalue weighted by molar-refractivity contribution is 7.80. The maximum absolute atomic E-state index is 12.0. The molecule has 1 aliphatic rings. The van der Waals surface area contributed by atoms with Gasteiger partial charge in [0.05, 0.1) is 22.4 Å². The van der Waals surface area contributed by atoms with Gasteiger partial charge in [-0.2, -0.15) is 0 Å². The van der Waals surface area contributed by atoms with Crippen LogP contribution in [0.5, 0.6) is 0 Å². The van der Waals surface area contributed by atoms with Crippen LogP contribution in [-0.2, 0) is 9.53 Å². The molecule has 2 aromatic carbocycles. The van der Waals surface area contributed by atoms with Crippen molar-refractivity contribution in [2.75, 3.05) is 23.9 Å². The molecule has 0 radical (unpaired) electrons. The number of aromatic nitrogens is 1. The molecule has 4 aromatic rings. The van der Waals surface area contributed by atoms with E-state index in [1.165, 1.54) is 7.11 Å². The minimum absolute atomic E-state index is 0.0705. The van der Waals surface area contributed by atoms with Crippen molar-refractivity contribution < 1.29 is 13.9 Å². The number of anilines is 2. The van der Waals surface area contributed by atoms with Crippen molar-refractivity contribution in [1.82, 2.24) is 10.3 Å². The number of ether oxygens (including phenoxy) is 1. The number of rotatable bonds is 7. The lowest BCUT2D eigenvalue weighted by Gasteiger charge is -2.26. The lowest BCUT2D eigenvalue weighted by molar-refractivity contribution is -0.119. The van der Waals surface area contributed by atoms with Crippen LogP contribution >= 0.6 is 35.4 Å². The molecule has 194 valence electrons. The smallest absolute Gasteiger partial charge is 0.250 e. The predicted molar refractivity (Wildman–Crippen MR) is 154 cm³/mol. The summed E-state index contributed by atoms with van der Waals surface area (Å²) in [5.74, 6) is 1.09. The van der Waals surface area contributed by atoms with Crippen LogP contribution in [-0.4, -0.2) is 29.7 Å². The van der Waals surface area contributed by atoms with Gasteiger partial charge in [-0.25, -0.2) is 0 Å². The van der Waals surface area contributed by atoms with Crippen LogP contribution in [0.2, 0.25) is 10.0 Å². The number of thiocarbonyl (C=S) groups is 1. The average molecular weight is 567 g/mol. The molecule has 7 nitrogen and oxygen atoms in total. The van der Waals surface area contributed by atoms with Gasteiger partial charge in [-0.1, -0.05) is 41.4 Å². The van der Waals surface area contributed by atoms with E-state index in [1.807, 2.05) is 66.4 Å². The van der Waals surface area contributed by atoms with Crippen molar-refractivity contribution in [2.45, 2.75) is 19.0 Å². The van der Waals surface area contributed by atoms with E-state index in [0.29, 0.717) is 32.4 Å². The Morgan fingerprint density at radius 2 is 1.97 bits per heavy atom. The largest absolute Gasteiger partial charge is 0.459 e. The molecule has 0 aliphatic carbocycles. The molecule has 3 heterocycles. The third kappa shape index (κ3) is 5.13.